The highest BCUT2D eigenvalue weighted by molar-refractivity contribution is 5.33. The lowest BCUT2D eigenvalue weighted by Crippen LogP contribution is -2.19. The molecule has 3 nitrogen and oxygen atoms in total. The van der Waals surface area contributed by atoms with Crippen molar-refractivity contribution >= 4 is 0 Å². The number of rotatable bonds is 6. The van der Waals surface area contributed by atoms with Crippen LogP contribution in [0.1, 0.15) is 24.1 Å². The zero-order chi connectivity index (χ0) is 14.4. The van der Waals surface area contributed by atoms with Gasteiger partial charge in [0.15, 0.2) is 0 Å². The maximum Gasteiger partial charge on any atom is 0.387 e. The summed E-state index contributed by atoms with van der Waals surface area (Å²) in [5.74, 6) is 0.205. The van der Waals surface area contributed by atoms with Gasteiger partial charge in [-0.15, -0.1) is 0 Å². The average Bonchev–Trinajstić information content (AvgIpc) is 2.46. The number of alkyl halides is 2. The highest BCUT2D eigenvalue weighted by Crippen LogP contribution is 2.21. The van der Waals surface area contributed by atoms with E-state index in [2.05, 4.69) is 15.0 Å². The Labute approximate surface area is 116 Å². The van der Waals surface area contributed by atoms with Crippen LogP contribution in [0.2, 0.25) is 0 Å². The van der Waals surface area contributed by atoms with E-state index in [4.69, 9.17) is 0 Å². The molecule has 1 aromatic heterocycles. The fourth-order valence-corrected chi connectivity index (χ4v) is 1.89. The third-order valence-corrected chi connectivity index (χ3v) is 2.99. The predicted octanol–water partition coefficient (Wildman–Crippen LogP) is 3.53. The van der Waals surface area contributed by atoms with E-state index >= 15 is 0 Å². The monoisotopic (exact) mass is 278 g/mol. The number of halogens is 2. The van der Waals surface area contributed by atoms with Crippen molar-refractivity contribution < 1.29 is 13.5 Å². The van der Waals surface area contributed by atoms with Crippen LogP contribution >= 0.6 is 0 Å². The second-order valence-corrected chi connectivity index (χ2v) is 4.37. The van der Waals surface area contributed by atoms with E-state index in [1.165, 1.54) is 0 Å². The van der Waals surface area contributed by atoms with Crippen molar-refractivity contribution in [2.75, 3.05) is 0 Å². The Bertz CT molecular complexity index is 534. The molecule has 0 bridgehead atoms. The molecule has 106 valence electrons. The second-order valence-electron chi connectivity index (χ2n) is 4.37. The van der Waals surface area contributed by atoms with Gasteiger partial charge in [0.1, 0.15) is 5.75 Å². The summed E-state index contributed by atoms with van der Waals surface area (Å²) in [6.07, 6.45) is 3.45. The summed E-state index contributed by atoms with van der Waals surface area (Å²) in [6.45, 7) is -0.355. The average molecular weight is 278 g/mol. The zero-order valence-electron chi connectivity index (χ0n) is 11.1. The first-order valence-electron chi connectivity index (χ1n) is 6.33. The first-order chi connectivity index (χ1) is 9.66. The summed E-state index contributed by atoms with van der Waals surface area (Å²) in [7, 11) is 0. The lowest BCUT2D eigenvalue weighted by Gasteiger charge is -2.16. The summed E-state index contributed by atoms with van der Waals surface area (Å²) in [6, 6.07) is 10.7. The number of hydrogen-bond donors (Lipinski definition) is 1. The highest BCUT2D eigenvalue weighted by Gasteiger charge is 2.10. The van der Waals surface area contributed by atoms with Crippen LogP contribution in [0.3, 0.4) is 0 Å². The molecule has 0 saturated heterocycles. The van der Waals surface area contributed by atoms with Gasteiger partial charge in [-0.1, -0.05) is 18.2 Å². The van der Waals surface area contributed by atoms with Crippen LogP contribution in [-0.2, 0) is 6.54 Å². The van der Waals surface area contributed by atoms with Crippen molar-refractivity contribution in [1.29, 1.82) is 0 Å². The summed E-state index contributed by atoms with van der Waals surface area (Å²) >= 11 is 0. The standard InChI is InChI=1S/C15H16F2N2O/c1-11(12-6-8-18-9-7-12)19-10-13-4-2-3-5-14(13)20-15(16)17/h2-9,11,15,19H,10H2,1H3/t11-/m0/s1. The fraction of sp³-hybridized carbons (Fsp3) is 0.267. The van der Waals surface area contributed by atoms with Crippen LogP contribution < -0.4 is 10.1 Å². The van der Waals surface area contributed by atoms with E-state index in [9.17, 15) is 8.78 Å². The van der Waals surface area contributed by atoms with Gasteiger partial charge in [-0.25, -0.2) is 0 Å². The van der Waals surface area contributed by atoms with Crippen molar-refractivity contribution in [2.45, 2.75) is 26.1 Å². The van der Waals surface area contributed by atoms with E-state index in [1.807, 2.05) is 19.1 Å². The molecule has 2 aromatic rings. The lowest BCUT2D eigenvalue weighted by molar-refractivity contribution is -0.0505. The number of para-hydroxylation sites is 1. The molecule has 0 radical (unpaired) electrons. The number of aromatic nitrogens is 1. The molecule has 0 unspecified atom stereocenters. The minimum absolute atomic E-state index is 0.0950. The summed E-state index contributed by atoms with van der Waals surface area (Å²) in [4.78, 5) is 3.96. The molecule has 0 fully saturated rings. The van der Waals surface area contributed by atoms with Gasteiger partial charge in [-0.2, -0.15) is 8.78 Å². The normalized spacial score (nSPS) is 12.4. The molecule has 1 N–H and O–H groups in total. The molecule has 0 amide bonds. The smallest absolute Gasteiger partial charge is 0.387 e. The van der Waals surface area contributed by atoms with Gasteiger partial charge in [0.05, 0.1) is 0 Å². The van der Waals surface area contributed by atoms with Gasteiger partial charge in [0.2, 0.25) is 0 Å². The Morgan fingerprint density at radius 2 is 1.85 bits per heavy atom. The van der Waals surface area contributed by atoms with Crippen LogP contribution in [0.5, 0.6) is 5.75 Å². The van der Waals surface area contributed by atoms with Crippen LogP contribution in [0.25, 0.3) is 0 Å². The molecule has 1 aromatic carbocycles. The molecule has 2 rings (SSSR count). The maximum absolute atomic E-state index is 12.3. The number of pyridine rings is 1. The molecule has 1 atom stereocenters. The second kappa shape index (κ2) is 6.96. The van der Waals surface area contributed by atoms with Gasteiger partial charge < -0.3 is 10.1 Å². The van der Waals surface area contributed by atoms with Crippen LogP contribution in [0.15, 0.2) is 48.8 Å². The Hall–Kier alpha value is -2.01. The van der Waals surface area contributed by atoms with Crippen molar-refractivity contribution in [3.8, 4) is 5.75 Å². The molecule has 1 heterocycles. The molecule has 20 heavy (non-hydrogen) atoms. The predicted molar refractivity (Wildman–Crippen MR) is 72.6 cm³/mol. The van der Waals surface area contributed by atoms with E-state index in [0.29, 0.717) is 12.1 Å². The minimum atomic E-state index is -2.81. The van der Waals surface area contributed by atoms with Gasteiger partial charge in [-0.05, 0) is 30.7 Å². The van der Waals surface area contributed by atoms with Gasteiger partial charge in [-0.3, -0.25) is 4.98 Å². The van der Waals surface area contributed by atoms with Gasteiger partial charge in [0, 0.05) is 30.5 Å². The maximum atomic E-state index is 12.3. The quantitative estimate of drug-likeness (QED) is 0.877. The van der Waals surface area contributed by atoms with Gasteiger partial charge >= 0.3 is 6.61 Å². The number of ether oxygens (including phenoxy) is 1. The van der Waals surface area contributed by atoms with Crippen LogP contribution in [0, 0.1) is 0 Å². The summed E-state index contributed by atoms with van der Waals surface area (Å²) in [5.41, 5.74) is 1.79. The summed E-state index contributed by atoms with van der Waals surface area (Å²) < 4.78 is 29.1. The fourth-order valence-electron chi connectivity index (χ4n) is 1.89. The van der Waals surface area contributed by atoms with Crippen molar-refractivity contribution in [2.24, 2.45) is 0 Å². The van der Waals surface area contributed by atoms with Crippen molar-refractivity contribution in [3.05, 3.63) is 59.9 Å². The molecule has 0 aliphatic carbocycles. The summed E-state index contributed by atoms with van der Waals surface area (Å²) in [5, 5.41) is 3.28. The Morgan fingerprint density at radius 3 is 2.55 bits per heavy atom. The number of nitrogens with zero attached hydrogens (tertiary/aromatic N) is 1. The first-order valence-corrected chi connectivity index (χ1v) is 6.33. The molecular weight excluding hydrogens is 262 g/mol. The number of nitrogens with one attached hydrogen (secondary N) is 1. The first kappa shape index (κ1) is 14.4. The molecule has 0 aliphatic heterocycles. The molecule has 5 heteroatoms. The molecular formula is C15H16F2N2O. The largest absolute Gasteiger partial charge is 0.434 e. The van der Waals surface area contributed by atoms with E-state index in [1.54, 1.807) is 36.7 Å². The SMILES string of the molecule is C[C@H](NCc1ccccc1OC(F)F)c1ccncc1. The Balaban J connectivity index is 2.00. The minimum Gasteiger partial charge on any atom is -0.434 e. The third-order valence-electron chi connectivity index (χ3n) is 2.99. The lowest BCUT2D eigenvalue weighted by atomic mass is 10.1. The van der Waals surface area contributed by atoms with E-state index < -0.39 is 6.61 Å². The molecule has 0 aliphatic rings. The van der Waals surface area contributed by atoms with Crippen molar-refractivity contribution in [1.82, 2.24) is 10.3 Å². The zero-order valence-corrected chi connectivity index (χ0v) is 11.1. The molecule has 0 saturated carbocycles. The third kappa shape index (κ3) is 3.99. The molecule has 0 spiro atoms. The number of benzene rings is 1. The topological polar surface area (TPSA) is 34.1 Å². The number of hydrogen-bond acceptors (Lipinski definition) is 3. The van der Waals surface area contributed by atoms with Crippen LogP contribution in [0.4, 0.5) is 8.78 Å². The Morgan fingerprint density at radius 1 is 1.15 bits per heavy atom. The van der Waals surface area contributed by atoms with Gasteiger partial charge in [0.25, 0.3) is 0 Å². The highest BCUT2D eigenvalue weighted by atomic mass is 19.3. The van der Waals surface area contributed by atoms with Crippen molar-refractivity contribution in [3.63, 3.8) is 0 Å². The van der Waals surface area contributed by atoms with Crippen LogP contribution in [-0.4, -0.2) is 11.6 Å². The van der Waals surface area contributed by atoms with E-state index in [0.717, 1.165) is 5.56 Å². The Kier molecular flexibility index (Phi) is 5.01. The van der Waals surface area contributed by atoms with E-state index in [-0.39, 0.29) is 11.8 Å².